The zero-order valence-corrected chi connectivity index (χ0v) is 11.6. The predicted molar refractivity (Wildman–Crippen MR) is 67.7 cm³/mol. The molecule has 2 heterocycles. The summed E-state index contributed by atoms with van der Waals surface area (Å²) in [7, 11) is 0. The van der Waals surface area contributed by atoms with E-state index in [9.17, 15) is 22.8 Å². The normalized spacial score (nSPS) is 26.8. The van der Waals surface area contributed by atoms with Crippen LogP contribution in [0.15, 0.2) is 11.6 Å². The van der Waals surface area contributed by atoms with E-state index in [0.717, 1.165) is 6.08 Å². The van der Waals surface area contributed by atoms with Gasteiger partial charge in [0.25, 0.3) is 0 Å². The van der Waals surface area contributed by atoms with Crippen LogP contribution in [0, 0.1) is 5.41 Å². The van der Waals surface area contributed by atoms with Gasteiger partial charge < -0.3 is 14.9 Å². The van der Waals surface area contributed by atoms with Gasteiger partial charge >= 0.3 is 18.2 Å². The van der Waals surface area contributed by atoms with Crippen molar-refractivity contribution in [2.45, 2.75) is 25.9 Å². The van der Waals surface area contributed by atoms with E-state index < -0.39 is 29.2 Å². The molecule has 1 saturated heterocycles. The van der Waals surface area contributed by atoms with Crippen molar-refractivity contribution in [2.24, 2.45) is 5.41 Å². The fourth-order valence-electron chi connectivity index (χ4n) is 2.60. The molecule has 0 aromatic heterocycles. The standard InChI is InChI=1S/C13H17F3N2O3/c1-12(10(19)20)4-7-18(8-12)11(21)17-5-2-9(3-6-17)13(14,15)16/h2H,3-8H2,1H3,(H,19,20). The fraction of sp³-hybridized carbons (Fsp3) is 0.692. The number of urea groups is 1. The van der Waals surface area contributed by atoms with Crippen molar-refractivity contribution >= 4 is 12.0 Å². The van der Waals surface area contributed by atoms with E-state index in [0.29, 0.717) is 13.0 Å². The van der Waals surface area contributed by atoms with Crippen LogP contribution in [-0.2, 0) is 4.79 Å². The van der Waals surface area contributed by atoms with Gasteiger partial charge in [-0.25, -0.2) is 4.79 Å². The molecule has 1 atom stereocenters. The molecule has 2 aliphatic rings. The number of aliphatic carboxylic acids is 1. The molecule has 21 heavy (non-hydrogen) atoms. The van der Waals surface area contributed by atoms with E-state index in [2.05, 4.69) is 0 Å². The number of likely N-dealkylation sites (tertiary alicyclic amines) is 1. The number of hydrogen-bond acceptors (Lipinski definition) is 2. The van der Waals surface area contributed by atoms with Crippen molar-refractivity contribution in [2.75, 3.05) is 26.2 Å². The Morgan fingerprint density at radius 3 is 2.38 bits per heavy atom. The van der Waals surface area contributed by atoms with Crippen molar-refractivity contribution in [3.63, 3.8) is 0 Å². The third-order valence-electron chi connectivity index (χ3n) is 4.10. The zero-order valence-electron chi connectivity index (χ0n) is 11.6. The maximum Gasteiger partial charge on any atom is 0.412 e. The first-order valence-corrected chi connectivity index (χ1v) is 6.67. The van der Waals surface area contributed by atoms with Crippen LogP contribution in [0.4, 0.5) is 18.0 Å². The highest BCUT2D eigenvalue weighted by Crippen LogP contribution is 2.33. The highest BCUT2D eigenvalue weighted by molar-refractivity contribution is 5.79. The topological polar surface area (TPSA) is 60.9 Å². The number of rotatable bonds is 1. The van der Waals surface area contributed by atoms with Crippen LogP contribution < -0.4 is 0 Å². The van der Waals surface area contributed by atoms with Gasteiger partial charge in [-0.1, -0.05) is 6.08 Å². The quantitative estimate of drug-likeness (QED) is 0.755. The minimum atomic E-state index is -4.34. The van der Waals surface area contributed by atoms with Crippen molar-refractivity contribution in [3.05, 3.63) is 11.6 Å². The van der Waals surface area contributed by atoms with Crippen molar-refractivity contribution in [1.82, 2.24) is 9.80 Å². The molecule has 1 fully saturated rings. The number of halogens is 3. The number of carbonyl (C=O) groups excluding carboxylic acids is 1. The van der Waals surface area contributed by atoms with Crippen LogP contribution in [0.3, 0.4) is 0 Å². The number of alkyl halides is 3. The van der Waals surface area contributed by atoms with Gasteiger partial charge in [0.2, 0.25) is 0 Å². The Morgan fingerprint density at radius 2 is 1.95 bits per heavy atom. The van der Waals surface area contributed by atoms with Gasteiger partial charge in [0.05, 0.1) is 5.41 Å². The summed E-state index contributed by atoms with van der Waals surface area (Å²) < 4.78 is 37.5. The van der Waals surface area contributed by atoms with Crippen LogP contribution in [0.5, 0.6) is 0 Å². The van der Waals surface area contributed by atoms with Gasteiger partial charge in [-0.2, -0.15) is 13.2 Å². The number of carboxylic acid groups (broad SMARTS) is 1. The lowest BCUT2D eigenvalue weighted by Crippen LogP contribution is -2.45. The molecule has 2 rings (SSSR count). The van der Waals surface area contributed by atoms with Gasteiger partial charge in [-0.05, 0) is 19.8 Å². The van der Waals surface area contributed by atoms with Crippen molar-refractivity contribution < 1.29 is 27.9 Å². The molecule has 0 aromatic rings. The molecule has 5 nitrogen and oxygen atoms in total. The van der Waals surface area contributed by atoms with Crippen LogP contribution in [0.2, 0.25) is 0 Å². The SMILES string of the molecule is CC1(C(=O)O)CCN(C(=O)N2CC=C(C(F)(F)F)CC2)C1. The van der Waals surface area contributed by atoms with Crippen molar-refractivity contribution in [1.29, 1.82) is 0 Å². The minimum absolute atomic E-state index is 0.00443. The minimum Gasteiger partial charge on any atom is -0.481 e. The predicted octanol–water partition coefficient (Wildman–Crippen LogP) is 2.10. The molecule has 1 N–H and O–H groups in total. The van der Waals surface area contributed by atoms with Crippen LogP contribution in [-0.4, -0.2) is 59.3 Å². The lowest BCUT2D eigenvalue weighted by molar-refractivity contribution is -0.147. The number of hydrogen-bond donors (Lipinski definition) is 1. The smallest absolute Gasteiger partial charge is 0.412 e. The molecule has 0 aromatic carbocycles. The molecule has 2 aliphatic heterocycles. The molecular weight excluding hydrogens is 289 g/mol. The Labute approximate surface area is 120 Å². The van der Waals surface area contributed by atoms with E-state index >= 15 is 0 Å². The Hall–Kier alpha value is -1.73. The highest BCUT2D eigenvalue weighted by Gasteiger charge is 2.43. The molecule has 0 saturated carbocycles. The summed E-state index contributed by atoms with van der Waals surface area (Å²) in [6, 6.07) is -0.391. The van der Waals surface area contributed by atoms with Gasteiger partial charge in [0.15, 0.2) is 0 Å². The number of nitrogens with zero attached hydrogens (tertiary/aromatic N) is 2. The van der Waals surface area contributed by atoms with Crippen LogP contribution in [0.25, 0.3) is 0 Å². The monoisotopic (exact) mass is 306 g/mol. The first kappa shape index (κ1) is 15.7. The molecule has 0 radical (unpaired) electrons. The highest BCUT2D eigenvalue weighted by atomic mass is 19.4. The van der Waals surface area contributed by atoms with Crippen molar-refractivity contribution in [3.8, 4) is 0 Å². The average Bonchev–Trinajstić information content (AvgIpc) is 2.81. The second-order valence-corrected chi connectivity index (χ2v) is 5.74. The molecule has 0 spiro atoms. The van der Waals surface area contributed by atoms with E-state index in [1.807, 2.05) is 0 Å². The molecule has 0 aliphatic carbocycles. The summed E-state index contributed by atoms with van der Waals surface area (Å²) >= 11 is 0. The third kappa shape index (κ3) is 3.14. The number of carboxylic acids is 1. The Morgan fingerprint density at radius 1 is 1.29 bits per heavy atom. The number of carbonyl (C=O) groups is 2. The van der Waals surface area contributed by atoms with Gasteiger partial charge in [-0.3, -0.25) is 4.79 Å². The van der Waals surface area contributed by atoms with E-state index in [4.69, 9.17) is 5.11 Å². The largest absolute Gasteiger partial charge is 0.481 e. The average molecular weight is 306 g/mol. The third-order valence-corrected chi connectivity index (χ3v) is 4.10. The molecule has 1 unspecified atom stereocenters. The maximum absolute atomic E-state index is 12.5. The summed E-state index contributed by atoms with van der Waals surface area (Å²) in [4.78, 5) is 26.1. The van der Waals surface area contributed by atoms with E-state index in [1.165, 1.54) is 9.80 Å². The lowest BCUT2D eigenvalue weighted by atomic mass is 9.90. The summed E-state index contributed by atoms with van der Waals surface area (Å²) in [5.74, 6) is -0.962. The Balaban J connectivity index is 1.98. The summed E-state index contributed by atoms with van der Waals surface area (Å²) in [5.41, 5.74) is -1.58. The second-order valence-electron chi connectivity index (χ2n) is 5.74. The molecular formula is C13H17F3N2O3. The van der Waals surface area contributed by atoms with Gasteiger partial charge in [-0.15, -0.1) is 0 Å². The zero-order chi connectivity index (χ0) is 15.8. The first-order valence-electron chi connectivity index (χ1n) is 6.67. The van der Waals surface area contributed by atoms with Gasteiger partial charge in [0, 0.05) is 31.8 Å². The lowest BCUT2D eigenvalue weighted by Gasteiger charge is -2.31. The molecule has 8 heteroatoms. The van der Waals surface area contributed by atoms with Crippen LogP contribution in [0.1, 0.15) is 19.8 Å². The second kappa shape index (κ2) is 5.23. The number of amides is 2. The first-order chi connectivity index (χ1) is 9.63. The molecule has 118 valence electrons. The summed E-state index contributed by atoms with van der Waals surface area (Å²) in [6.45, 7) is 1.89. The molecule has 2 amide bonds. The van der Waals surface area contributed by atoms with Gasteiger partial charge in [0.1, 0.15) is 0 Å². The fourth-order valence-corrected chi connectivity index (χ4v) is 2.60. The Bertz CT molecular complexity index is 490. The summed E-state index contributed by atoms with van der Waals surface area (Å²) in [5, 5.41) is 9.12. The van der Waals surface area contributed by atoms with E-state index in [1.54, 1.807) is 6.92 Å². The summed E-state index contributed by atoms with van der Waals surface area (Å²) in [6.07, 6.45) is -3.19. The Kier molecular flexibility index (Phi) is 3.90. The molecule has 0 bridgehead atoms. The maximum atomic E-state index is 12.5. The van der Waals surface area contributed by atoms with Crippen LogP contribution >= 0.6 is 0 Å². The van der Waals surface area contributed by atoms with E-state index in [-0.39, 0.29) is 26.1 Å².